The fraction of sp³-hybridized carbons (Fsp3) is 0.952. The lowest BCUT2D eigenvalue weighted by Crippen LogP contribution is -2.65. The van der Waals surface area contributed by atoms with Crippen LogP contribution in [0.2, 0.25) is 0 Å². The van der Waals surface area contributed by atoms with Crippen LogP contribution in [0.1, 0.15) is 65.7 Å². The number of hydrogen-bond donors (Lipinski definition) is 3. The molecule has 0 spiro atoms. The maximum atomic E-state index is 12.2. The summed E-state index contributed by atoms with van der Waals surface area (Å²) in [4.78, 5) is 12.2. The summed E-state index contributed by atoms with van der Waals surface area (Å²) in [5.41, 5.74) is -0.484. The van der Waals surface area contributed by atoms with E-state index < -0.39 is 17.6 Å². The summed E-state index contributed by atoms with van der Waals surface area (Å²) in [6, 6.07) is 0. The van der Waals surface area contributed by atoms with Crippen molar-refractivity contribution in [3.05, 3.63) is 0 Å². The van der Waals surface area contributed by atoms with Gasteiger partial charge in [0.25, 0.3) is 0 Å². The Balaban J connectivity index is 1.72. The Labute approximate surface area is 151 Å². The first-order valence-corrected chi connectivity index (χ1v) is 10.3. The van der Waals surface area contributed by atoms with Gasteiger partial charge in [-0.05, 0) is 81.0 Å². The molecule has 3 N–H and O–H groups in total. The molecular formula is C21H34O4. The number of rotatable bonds is 1. The largest absolute Gasteiger partial charge is 0.393 e. The van der Waals surface area contributed by atoms with E-state index in [1.165, 1.54) is 0 Å². The smallest absolute Gasteiger partial charge is 0.133 e. The maximum absolute atomic E-state index is 12.2. The highest BCUT2D eigenvalue weighted by molar-refractivity contribution is 5.79. The lowest BCUT2D eigenvalue weighted by atomic mass is 9.43. The summed E-state index contributed by atoms with van der Waals surface area (Å²) in [6.07, 6.45) is 4.80. The number of aliphatic hydroxyl groups excluding tert-OH is 3. The molecule has 0 amide bonds. The zero-order valence-electron chi connectivity index (χ0n) is 15.8. The van der Waals surface area contributed by atoms with Crippen LogP contribution in [0, 0.1) is 40.4 Å². The Morgan fingerprint density at radius 2 is 1.72 bits per heavy atom. The fourth-order valence-electron chi connectivity index (χ4n) is 7.97. The van der Waals surface area contributed by atoms with Gasteiger partial charge in [-0.1, -0.05) is 13.8 Å². The fourth-order valence-corrected chi connectivity index (χ4v) is 7.97. The molecule has 4 aliphatic rings. The van der Waals surface area contributed by atoms with Crippen molar-refractivity contribution in [1.82, 2.24) is 0 Å². The van der Waals surface area contributed by atoms with E-state index in [1.807, 2.05) is 0 Å². The van der Waals surface area contributed by atoms with Crippen LogP contribution in [0.15, 0.2) is 0 Å². The normalized spacial score (nSPS) is 58.2. The second kappa shape index (κ2) is 5.77. The predicted octanol–water partition coefficient (Wildman–Crippen LogP) is 2.54. The van der Waals surface area contributed by atoms with Gasteiger partial charge in [0, 0.05) is 11.3 Å². The molecule has 4 rings (SSSR count). The van der Waals surface area contributed by atoms with Crippen molar-refractivity contribution < 1.29 is 20.1 Å². The average molecular weight is 350 g/mol. The summed E-state index contributed by atoms with van der Waals surface area (Å²) >= 11 is 0. The quantitative estimate of drug-likeness (QED) is 0.679. The minimum Gasteiger partial charge on any atom is -0.393 e. The van der Waals surface area contributed by atoms with Crippen molar-refractivity contribution in [2.24, 2.45) is 40.4 Å². The Bertz CT molecular complexity index is 562. The van der Waals surface area contributed by atoms with Crippen LogP contribution >= 0.6 is 0 Å². The van der Waals surface area contributed by atoms with Gasteiger partial charge in [-0.2, -0.15) is 0 Å². The number of Topliss-reactive ketones (excluding diaryl/α,β-unsaturated/α-hetero) is 1. The summed E-state index contributed by atoms with van der Waals surface area (Å²) in [5, 5.41) is 32.5. The molecular weight excluding hydrogens is 316 g/mol. The van der Waals surface area contributed by atoms with Gasteiger partial charge in [0.1, 0.15) is 5.78 Å². The predicted molar refractivity (Wildman–Crippen MR) is 94.7 cm³/mol. The second-order valence-corrected chi connectivity index (χ2v) is 10.0. The summed E-state index contributed by atoms with van der Waals surface area (Å²) < 4.78 is 0. The molecule has 10 atom stereocenters. The van der Waals surface area contributed by atoms with E-state index in [-0.39, 0.29) is 29.1 Å². The molecule has 0 bridgehead atoms. The van der Waals surface area contributed by atoms with Crippen molar-refractivity contribution >= 4 is 5.78 Å². The molecule has 4 saturated carbocycles. The topological polar surface area (TPSA) is 77.8 Å². The number of ketones is 1. The van der Waals surface area contributed by atoms with Crippen LogP contribution in [0.4, 0.5) is 0 Å². The zero-order chi connectivity index (χ0) is 18.1. The van der Waals surface area contributed by atoms with E-state index in [1.54, 1.807) is 6.92 Å². The average Bonchev–Trinajstić information content (AvgIpc) is 2.91. The molecule has 10 unspecified atom stereocenters. The number of aliphatic hydroxyl groups is 3. The third-order valence-electron chi connectivity index (χ3n) is 9.23. The van der Waals surface area contributed by atoms with Crippen molar-refractivity contribution in [2.75, 3.05) is 0 Å². The number of carbonyl (C=O) groups excluding carboxylic acids is 1. The van der Waals surface area contributed by atoms with E-state index in [9.17, 15) is 20.1 Å². The number of hydrogen-bond acceptors (Lipinski definition) is 4. The van der Waals surface area contributed by atoms with Crippen LogP contribution in [-0.2, 0) is 4.79 Å². The zero-order valence-corrected chi connectivity index (χ0v) is 15.8. The second-order valence-electron chi connectivity index (χ2n) is 10.0. The standard InChI is InChI=1S/C21H34O4/c1-11(22)15-6-7-16-14-5-4-12-10-13(23)8-9-20(12,2)17(14)18(24)19(25)21(15,16)3/h12-19,23-25H,4-10H2,1-3H3. The van der Waals surface area contributed by atoms with Gasteiger partial charge in [-0.15, -0.1) is 0 Å². The van der Waals surface area contributed by atoms with Crippen LogP contribution in [0.5, 0.6) is 0 Å². The number of carbonyl (C=O) groups is 1. The van der Waals surface area contributed by atoms with Gasteiger partial charge in [-0.25, -0.2) is 0 Å². The minimum atomic E-state index is -0.822. The van der Waals surface area contributed by atoms with E-state index in [0.717, 1.165) is 44.9 Å². The van der Waals surface area contributed by atoms with Crippen LogP contribution in [0.25, 0.3) is 0 Å². The Morgan fingerprint density at radius 1 is 1.00 bits per heavy atom. The van der Waals surface area contributed by atoms with Gasteiger partial charge >= 0.3 is 0 Å². The van der Waals surface area contributed by atoms with Crippen LogP contribution in [0.3, 0.4) is 0 Å². The van der Waals surface area contributed by atoms with Gasteiger partial charge < -0.3 is 15.3 Å². The third kappa shape index (κ3) is 2.26. The van der Waals surface area contributed by atoms with E-state index >= 15 is 0 Å². The van der Waals surface area contributed by atoms with Crippen molar-refractivity contribution in [1.29, 1.82) is 0 Å². The van der Waals surface area contributed by atoms with E-state index in [4.69, 9.17) is 0 Å². The highest BCUT2D eigenvalue weighted by Crippen LogP contribution is 2.67. The monoisotopic (exact) mass is 350 g/mol. The SMILES string of the molecule is CC(=O)C1CCC2C3CCC4CC(O)CCC4(C)C3C(O)C(O)C12C. The minimum absolute atomic E-state index is 0.00180. The van der Waals surface area contributed by atoms with E-state index in [0.29, 0.717) is 17.8 Å². The Morgan fingerprint density at radius 3 is 2.40 bits per heavy atom. The Hall–Kier alpha value is -0.450. The molecule has 4 fully saturated rings. The lowest BCUT2D eigenvalue weighted by Gasteiger charge is -2.63. The van der Waals surface area contributed by atoms with Crippen molar-refractivity contribution in [3.63, 3.8) is 0 Å². The highest BCUT2D eigenvalue weighted by atomic mass is 16.3. The van der Waals surface area contributed by atoms with Gasteiger partial charge in [-0.3, -0.25) is 4.79 Å². The molecule has 0 heterocycles. The van der Waals surface area contributed by atoms with Crippen LogP contribution in [-0.4, -0.2) is 39.4 Å². The molecule has 0 aromatic heterocycles. The summed E-state index contributed by atoms with van der Waals surface area (Å²) in [7, 11) is 0. The van der Waals surface area contributed by atoms with Crippen LogP contribution < -0.4 is 0 Å². The Kier molecular flexibility index (Phi) is 4.14. The maximum Gasteiger partial charge on any atom is 0.133 e. The van der Waals surface area contributed by atoms with Gasteiger partial charge in [0.15, 0.2) is 0 Å². The molecule has 142 valence electrons. The molecule has 25 heavy (non-hydrogen) atoms. The molecule has 0 aromatic rings. The molecule has 0 aliphatic heterocycles. The number of fused-ring (bicyclic) bond motifs is 5. The van der Waals surface area contributed by atoms with Crippen molar-refractivity contribution in [2.45, 2.75) is 84.0 Å². The highest BCUT2D eigenvalue weighted by Gasteiger charge is 2.67. The molecule has 4 aliphatic carbocycles. The third-order valence-corrected chi connectivity index (χ3v) is 9.23. The van der Waals surface area contributed by atoms with E-state index in [2.05, 4.69) is 13.8 Å². The van der Waals surface area contributed by atoms with Crippen molar-refractivity contribution in [3.8, 4) is 0 Å². The first-order chi connectivity index (χ1) is 11.7. The first kappa shape index (κ1) is 17.9. The molecule has 0 aromatic carbocycles. The first-order valence-electron chi connectivity index (χ1n) is 10.3. The van der Waals surface area contributed by atoms with Gasteiger partial charge in [0.05, 0.1) is 18.3 Å². The summed E-state index contributed by atoms with van der Waals surface area (Å²) in [6.45, 7) is 5.99. The molecule has 4 nitrogen and oxygen atoms in total. The van der Waals surface area contributed by atoms with Gasteiger partial charge in [0.2, 0.25) is 0 Å². The summed E-state index contributed by atoms with van der Waals surface area (Å²) in [5.74, 6) is 1.29. The molecule has 0 saturated heterocycles. The lowest BCUT2D eigenvalue weighted by molar-refractivity contribution is -0.227. The molecule has 4 heteroatoms. The molecule has 0 radical (unpaired) electrons.